The molecule has 0 saturated heterocycles. The van der Waals surface area contributed by atoms with E-state index < -0.39 is 23.2 Å². The lowest BCUT2D eigenvalue weighted by molar-refractivity contribution is -0.115. The maximum absolute atomic E-state index is 13.4. The first-order chi connectivity index (χ1) is 10.1. The molecular formula is C14H14F2N4O. The smallest absolute Gasteiger partial charge is 0.238 e. The van der Waals surface area contributed by atoms with Crippen LogP contribution >= 0.6 is 0 Å². The van der Waals surface area contributed by atoms with Crippen LogP contribution in [-0.4, -0.2) is 22.4 Å². The molecule has 2 N–H and O–H groups in total. The molecule has 1 amide bonds. The second kappa shape index (κ2) is 6.85. The van der Waals surface area contributed by atoms with Gasteiger partial charge in [-0.1, -0.05) is 6.07 Å². The lowest BCUT2D eigenvalue weighted by Crippen LogP contribution is -2.28. The number of carbonyl (C=O) groups excluding carboxylic acids is 1. The Morgan fingerprint density at radius 2 is 1.95 bits per heavy atom. The molecule has 21 heavy (non-hydrogen) atoms. The minimum Gasteiger partial charge on any atom is -0.320 e. The first-order valence-corrected chi connectivity index (χ1v) is 6.29. The van der Waals surface area contributed by atoms with Crippen LogP contribution in [0.4, 0.5) is 14.5 Å². The second-order valence-corrected chi connectivity index (χ2v) is 4.34. The third-order valence-electron chi connectivity index (χ3n) is 2.65. The van der Waals surface area contributed by atoms with Crippen molar-refractivity contribution in [3.05, 3.63) is 53.6 Å². The van der Waals surface area contributed by atoms with Gasteiger partial charge >= 0.3 is 0 Å². The Morgan fingerprint density at radius 1 is 1.24 bits per heavy atom. The normalized spacial score (nSPS) is 10.4. The van der Waals surface area contributed by atoms with Gasteiger partial charge in [-0.2, -0.15) is 0 Å². The fraction of sp³-hybridized carbons (Fsp3) is 0.214. The number of rotatable bonds is 5. The fourth-order valence-electron chi connectivity index (χ4n) is 1.71. The van der Waals surface area contributed by atoms with Crippen LogP contribution in [0.5, 0.6) is 0 Å². The quantitative estimate of drug-likeness (QED) is 0.881. The molecule has 2 rings (SSSR count). The van der Waals surface area contributed by atoms with E-state index in [1.165, 1.54) is 6.07 Å². The van der Waals surface area contributed by atoms with Crippen molar-refractivity contribution >= 4 is 11.6 Å². The summed E-state index contributed by atoms with van der Waals surface area (Å²) in [4.78, 5) is 19.7. The van der Waals surface area contributed by atoms with E-state index in [9.17, 15) is 13.6 Å². The molecule has 110 valence electrons. The highest BCUT2D eigenvalue weighted by atomic mass is 19.1. The number of nitrogens with zero attached hydrogens (tertiary/aromatic N) is 2. The number of anilines is 1. The van der Waals surface area contributed by atoms with Crippen molar-refractivity contribution < 1.29 is 13.6 Å². The number of benzene rings is 1. The van der Waals surface area contributed by atoms with Crippen LogP contribution in [0.3, 0.4) is 0 Å². The van der Waals surface area contributed by atoms with Crippen LogP contribution in [-0.2, 0) is 11.3 Å². The molecule has 0 radical (unpaired) electrons. The van der Waals surface area contributed by atoms with Crippen molar-refractivity contribution in [3.8, 4) is 0 Å². The molecule has 0 unspecified atom stereocenters. The van der Waals surface area contributed by atoms with E-state index in [1.807, 2.05) is 0 Å². The van der Waals surface area contributed by atoms with Crippen LogP contribution in [0.2, 0.25) is 0 Å². The average molecular weight is 292 g/mol. The number of aryl methyl sites for hydroxylation is 1. The number of para-hydroxylation sites is 1. The Morgan fingerprint density at radius 3 is 2.62 bits per heavy atom. The third kappa shape index (κ3) is 4.28. The summed E-state index contributed by atoms with van der Waals surface area (Å²) in [6.45, 7) is 2.03. The molecule has 0 fully saturated rings. The minimum atomic E-state index is -0.810. The summed E-state index contributed by atoms with van der Waals surface area (Å²) in [6, 6.07) is 5.11. The molecule has 0 spiro atoms. The molecule has 0 atom stereocenters. The van der Waals surface area contributed by atoms with Gasteiger partial charge < -0.3 is 10.6 Å². The summed E-state index contributed by atoms with van der Waals surface area (Å²) in [5.41, 5.74) is 0.287. The predicted molar refractivity (Wildman–Crippen MR) is 73.5 cm³/mol. The van der Waals surface area contributed by atoms with Crippen LogP contribution < -0.4 is 10.6 Å². The Labute approximate surface area is 120 Å². The third-order valence-corrected chi connectivity index (χ3v) is 2.65. The number of aromatic nitrogens is 2. The summed E-state index contributed by atoms with van der Waals surface area (Å²) in [5.74, 6) is -1.53. The summed E-state index contributed by atoms with van der Waals surface area (Å²) in [6.07, 6.45) is 1.62. The molecule has 2 aromatic rings. The summed E-state index contributed by atoms with van der Waals surface area (Å²) < 4.78 is 26.7. The van der Waals surface area contributed by atoms with Gasteiger partial charge in [-0.15, -0.1) is 0 Å². The van der Waals surface area contributed by atoms with E-state index in [4.69, 9.17) is 0 Å². The zero-order chi connectivity index (χ0) is 15.2. The lowest BCUT2D eigenvalue weighted by atomic mass is 10.3. The van der Waals surface area contributed by atoms with E-state index in [0.717, 1.165) is 17.8 Å². The zero-order valence-corrected chi connectivity index (χ0v) is 11.4. The standard InChI is InChI=1S/C14H14F2N4O/c1-9-18-6-5-10(19-9)7-17-8-13(21)20-14-11(15)3-2-4-12(14)16/h2-6,17H,7-8H2,1H3,(H,20,21). The Bertz CT molecular complexity index is 628. The largest absolute Gasteiger partial charge is 0.320 e. The van der Waals surface area contributed by atoms with Gasteiger partial charge in [0.15, 0.2) is 0 Å². The highest BCUT2D eigenvalue weighted by Crippen LogP contribution is 2.17. The highest BCUT2D eigenvalue weighted by Gasteiger charge is 2.11. The summed E-state index contributed by atoms with van der Waals surface area (Å²) in [7, 11) is 0. The van der Waals surface area contributed by atoms with Crippen molar-refractivity contribution in [1.29, 1.82) is 0 Å². The molecule has 0 aliphatic carbocycles. The van der Waals surface area contributed by atoms with Gasteiger partial charge in [0.25, 0.3) is 0 Å². The monoisotopic (exact) mass is 292 g/mol. The van der Waals surface area contributed by atoms with Crippen molar-refractivity contribution in [2.24, 2.45) is 0 Å². The van der Waals surface area contributed by atoms with Crippen LogP contribution in [0.1, 0.15) is 11.5 Å². The Balaban J connectivity index is 1.85. The van der Waals surface area contributed by atoms with Gasteiger partial charge in [-0.25, -0.2) is 18.7 Å². The molecule has 7 heteroatoms. The van der Waals surface area contributed by atoms with E-state index in [2.05, 4.69) is 20.6 Å². The molecule has 0 bridgehead atoms. The highest BCUT2D eigenvalue weighted by molar-refractivity contribution is 5.92. The average Bonchev–Trinajstić information content (AvgIpc) is 2.43. The minimum absolute atomic E-state index is 0.0865. The molecule has 0 saturated carbocycles. The van der Waals surface area contributed by atoms with Gasteiger partial charge in [0, 0.05) is 12.7 Å². The van der Waals surface area contributed by atoms with E-state index in [-0.39, 0.29) is 6.54 Å². The number of amides is 1. The van der Waals surface area contributed by atoms with Crippen molar-refractivity contribution in [1.82, 2.24) is 15.3 Å². The Kier molecular flexibility index (Phi) is 4.89. The van der Waals surface area contributed by atoms with Gasteiger partial charge in [-0.3, -0.25) is 4.79 Å². The van der Waals surface area contributed by atoms with Gasteiger partial charge in [0.2, 0.25) is 5.91 Å². The number of hydrogen-bond acceptors (Lipinski definition) is 4. The van der Waals surface area contributed by atoms with E-state index >= 15 is 0 Å². The molecule has 0 aliphatic rings. The maximum Gasteiger partial charge on any atom is 0.238 e. The number of hydrogen-bond donors (Lipinski definition) is 2. The van der Waals surface area contributed by atoms with Crippen molar-refractivity contribution in [2.75, 3.05) is 11.9 Å². The lowest BCUT2D eigenvalue weighted by Gasteiger charge is -2.08. The van der Waals surface area contributed by atoms with E-state index in [0.29, 0.717) is 12.4 Å². The number of halogens is 2. The summed E-state index contributed by atoms with van der Waals surface area (Å²) in [5, 5.41) is 5.03. The molecule has 5 nitrogen and oxygen atoms in total. The SMILES string of the molecule is Cc1nccc(CNCC(=O)Nc2c(F)cccc2F)n1. The van der Waals surface area contributed by atoms with Crippen molar-refractivity contribution in [2.45, 2.75) is 13.5 Å². The predicted octanol–water partition coefficient (Wildman–Crippen LogP) is 1.79. The summed E-state index contributed by atoms with van der Waals surface area (Å²) >= 11 is 0. The molecule has 1 aromatic carbocycles. The zero-order valence-electron chi connectivity index (χ0n) is 11.4. The van der Waals surface area contributed by atoms with Crippen molar-refractivity contribution in [3.63, 3.8) is 0 Å². The van der Waals surface area contributed by atoms with Gasteiger partial charge in [0.05, 0.1) is 12.2 Å². The molecule has 1 aromatic heterocycles. The maximum atomic E-state index is 13.4. The Hall–Kier alpha value is -2.41. The van der Waals surface area contributed by atoms with Gasteiger partial charge in [-0.05, 0) is 25.1 Å². The molecule has 1 heterocycles. The second-order valence-electron chi connectivity index (χ2n) is 4.34. The fourth-order valence-corrected chi connectivity index (χ4v) is 1.71. The first-order valence-electron chi connectivity index (χ1n) is 6.29. The molecule has 0 aliphatic heterocycles. The van der Waals surface area contributed by atoms with Crippen LogP contribution in [0.15, 0.2) is 30.5 Å². The van der Waals surface area contributed by atoms with E-state index in [1.54, 1.807) is 19.2 Å². The number of nitrogens with one attached hydrogen (secondary N) is 2. The van der Waals surface area contributed by atoms with Gasteiger partial charge in [0.1, 0.15) is 23.1 Å². The van der Waals surface area contributed by atoms with Crippen LogP contribution in [0, 0.1) is 18.6 Å². The topological polar surface area (TPSA) is 66.9 Å². The molecular weight excluding hydrogens is 278 g/mol. The number of carbonyl (C=O) groups is 1. The van der Waals surface area contributed by atoms with Crippen LogP contribution in [0.25, 0.3) is 0 Å². The first kappa shape index (κ1) is 15.0.